The summed E-state index contributed by atoms with van der Waals surface area (Å²) >= 11 is 0. The second-order valence-electron chi connectivity index (χ2n) is 5.54. The molecule has 0 heterocycles. The molecular weight excluding hydrogens is 202 g/mol. The Morgan fingerprint density at radius 1 is 1.50 bits per heavy atom. The molecule has 2 unspecified atom stereocenters. The average molecular weight is 225 g/mol. The lowest BCUT2D eigenvalue weighted by Crippen LogP contribution is -2.13. The second-order valence-corrected chi connectivity index (χ2v) is 5.54. The van der Waals surface area contributed by atoms with E-state index in [9.17, 15) is 10.1 Å². The molecule has 16 heavy (non-hydrogen) atoms. The maximum atomic E-state index is 10.9. The van der Waals surface area contributed by atoms with Gasteiger partial charge in [0.1, 0.15) is 0 Å². The standard InChI is InChI=1S/C13H23NO2/c1-10(2)7-13(14(15)16)9-12-6-4-5-11(3)8-12/h9-12H,4-8H2,1-3H3/b13-9+. The number of nitro groups is 1. The molecule has 0 N–H and O–H groups in total. The van der Waals surface area contributed by atoms with Crippen molar-refractivity contribution in [2.75, 3.05) is 0 Å². The van der Waals surface area contributed by atoms with Crippen LogP contribution in [0.3, 0.4) is 0 Å². The smallest absolute Gasteiger partial charge is 0.242 e. The number of hydrogen-bond acceptors (Lipinski definition) is 2. The van der Waals surface area contributed by atoms with E-state index in [0.29, 0.717) is 24.0 Å². The topological polar surface area (TPSA) is 43.1 Å². The molecule has 92 valence electrons. The van der Waals surface area contributed by atoms with Crippen LogP contribution in [0.5, 0.6) is 0 Å². The second kappa shape index (κ2) is 6.02. The number of allylic oxidation sites excluding steroid dienone is 2. The van der Waals surface area contributed by atoms with Crippen molar-refractivity contribution in [1.82, 2.24) is 0 Å². The number of nitrogens with zero attached hydrogens (tertiary/aromatic N) is 1. The quantitative estimate of drug-likeness (QED) is 0.535. The molecule has 3 heteroatoms. The van der Waals surface area contributed by atoms with Crippen molar-refractivity contribution in [2.45, 2.75) is 52.9 Å². The molecule has 2 atom stereocenters. The fourth-order valence-corrected chi connectivity index (χ4v) is 2.53. The first kappa shape index (κ1) is 13.2. The van der Waals surface area contributed by atoms with Crippen molar-refractivity contribution in [3.8, 4) is 0 Å². The van der Waals surface area contributed by atoms with E-state index >= 15 is 0 Å². The zero-order valence-electron chi connectivity index (χ0n) is 10.6. The van der Waals surface area contributed by atoms with Gasteiger partial charge >= 0.3 is 0 Å². The van der Waals surface area contributed by atoms with Gasteiger partial charge < -0.3 is 0 Å². The third kappa shape index (κ3) is 4.33. The summed E-state index contributed by atoms with van der Waals surface area (Å²) < 4.78 is 0. The predicted molar refractivity (Wildman–Crippen MR) is 65.7 cm³/mol. The minimum absolute atomic E-state index is 0.195. The molecule has 0 aromatic rings. The van der Waals surface area contributed by atoms with Crippen LogP contribution in [0.25, 0.3) is 0 Å². The molecule has 0 aromatic carbocycles. The van der Waals surface area contributed by atoms with Gasteiger partial charge in [0.05, 0.1) is 4.92 Å². The zero-order valence-corrected chi connectivity index (χ0v) is 10.6. The fourth-order valence-electron chi connectivity index (χ4n) is 2.53. The molecule has 1 rings (SSSR count). The third-order valence-electron chi connectivity index (χ3n) is 3.26. The Kier molecular flexibility index (Phi) is 4.97. The number of rotatable bonds is 4. The molecule has 3 nitrogen and oxygen atoms in total. The monoisotopic (exact) mass is 225 g/mol. The van der Waals surface area contributed by atoms with Gasteiger partial charge in [-0.3, -0.25) is 10.1 Å². The van der Waals surface area contributed by atoms with E-state index in [0.717, 1.165) is 18.8 Å². The maximum Gasteiger partial charge on any atom is 0.242 e. The van der Waals surface area contributed by atoms with Crippen molar-refractivity contribution in [3.63, 3.8) is 0 Å². The molecule has 1 aliphatic carbocycles. The molecule has 0 bridgehead atoms. The molecule has 0 saturated heterocycles. The van der Waals surface area contributed by atoms with E-state index in [1.165, 1.54) is 12.8 Å². The minimum Gasteiger partial charge on any atom is -0.259 e. The highest BCUT2D eigenvalue weighted by atomic mass is 16.6. The van der Waals surface area contributed by atoms with Gasteiger partial charge in [0, 0.05) is 6.42 Å². The molecule has 0 aromatic heterocycles. The molecule has 0 amide bonds. The molecule has 0 radical (unpaired) electrons. The molecule has 1 aliphatic rings. The fraction of sp³-hybridized carbons (Fsp3) is 0.846. The van der Waals surface area contributed by atoms with Gasteiger partial charge in [0.2, 0.25) is 5.70 Å². The summed E-state index contributed by atoms with van der Waals surface area (Å²) in [7, 11) is 0. The molecule has 1 saturated carbocycles. The highest BCUT2D eigenvalue weighted by Crippen LogP contribution is 2.30. The highest BCUT2D eigenvalue weighted by molar-refractivity contribution is 4.98. The Labute approximate surface area is 98.1 Å². The van der Waals surface area contributed by atoms with Crippen LogP contribution in [-0.2, 0) is 0 Å². The molecule has 0 aliphatic heterocycles. The Balaban J connectivity index is 2.65. The minimum atomic E-state index is -0.195. The Hall–Kier alpha value is -0.860. The lowest BCUT2D eigenvalue weighted by molar-refractivity contribution is -0.429. The Morgan fingerprint density at radius 3 is 2.69 bits per heavy atom. The average Bonchev–Trinajstić information content (AvgIpc) is 2.15. The number of hydrogen-bond donors (Lipinski definition) is 0. The van der Waals surface area contributed by atoms with Crippen molar-refractivity contribution >= 4 is 0 Å². The van der Waals surface area contributed by atoms with E-state index in [2.05, 4.69) is 6.92 Å². The lowest BCUT2D eigenvalue weighted by Gasteiger charge is -2.24. The van der Waals surface area contributed by atoms with Crippen LogP contribution in [0.2, 0.25) is 0 Å². The highest BCUT2D eigenvalue weighted by Gasteiger charge is 2.21. The van der Waals surface area contributed by atoms with Crippen LogP contribution in [0.4, 0.5) is 0 Å². The summed E-state index contributed by atoms with van der Waals surface area (Å²) in [5.41, 5.74) is 0.425. The molecule has 0 spiro atoms. The van der Waals surface area contributed by atoms with E-state index < -0.39 is 0 Å². The first-order valence-corrected chi connectivity index (χ1v) is 6.34. The first-order valence-electron chi connectivity index (χ1n) is 6.34. The van der Waals surface area contributed by atoms with Gasteiger partial charge in [-0.1, -0.05) is 33.6 Å². The van der Waals surface area contributed by atoms with Gasteiger partial charge in [-0.15, -0.1) is 0 Å². The Morgan fingerprint density at radius 2 is 2.19 bits per heavy atom. The SMILES string of the molecule is CC(C)C/C(=C\C1CCCC(C)C1)[N+](=O)[O-]. The predicted octanol–water partition coefficient (Wildman–Crippen LogP) is 4.02. The molecule has 1 fully saturated rings. The largest absolute Gasteiger partial charge is 0.259 e. The summed E-state index contributed by atoms with van der Waals surface area (Å²) in [6.07, 6.45) is 7.26. The van der Waals surface area contributed by atoms with Crippen molar-refractivity contribution < 1.29 is 4.92 Å². The summed E-state index contributed by atoms with van der Waals surface area (Å²) in [5, 5.41) is 10.9. The van der Waals surface area contributed by atoms with Crippen LogP contribution in [-0.4, -0.2) is 4.92 Å². The van der Waals surface area contributed by atoms with E-state index in [1.54, 1.807) is 0 Å². The van der Waals surface area contributed by atoms with Crippen LogP contribution in [0, 0.1) is 27.9 Å². The third-order valence-corrected chi connectivity index (χ3v) is 3.26. The van der Waals surface area contributed by atoms with E-state index in [-0.39, 0.29) is 4.92 Å². The lowest BCUT2D eigenvalue weighted by atomic mass is 9.82. The first-order chi connectivity index (χ1) is 7.49. The van der Waals surface area contributed by atoms with E-state index in [4.69, 9.17) is 0 Å². The van der Waals surface area contributed by atoms with Crippen LogP contribution >= 0.6 is 0 Å². The zero-order chi connectivity index (χ0) is 12.1. The summed E-state index contributed by atoms with van der Waals surface area (Å²) in [6.45, 7) is 6.30. The van der Waals surface area contributed by atoms with Crippen molar-refractivity contribution in [1.29, 1.82) is 0 Å². The van der Waals surface area contributed by atoms with Gasteiger partial charge in [0.15, 0.2) is 0 Å². The summed E-state index contributed by atoms with van der Waals surface area (Å²) in [5.74, 6) is 1.52. The van der Waals surface area contributed by atoms with Crippen LogP contribution < -0.4 is 0 Å². The summed E-state index contributed by atoms with van der Waals surface area (Å²) in [6, 6.07) is 0. The van der Waals surface area contributed by atoms with E-state index in [1.807, 2.05) is 19.9 Å². The van der Waals surface area contributed by atoms with Gasteiger partial charge in [-0.05, 0) is 36.7 Å². The van der Waals surface area contributed by atoms with Crippen LogP contribution in [0.1, 0.15) is 52.9 Å². The van der Waals surface area contributed by atoms with Gasteiger partial charge in [-0.2, -0.15) is 0 Å². The van der Waals surface area contributed by atoms with Crippen molar-refractivity contribution in [2.24, 2.45) is 17.8 Å². The molecular formula is C13H23NO2. The summed E-state index contributed by atoms with van der Waals surface area (Å²) in [4.78, 5) is 10.7. The normalized spacial score (nSPS) is 27.1. The maximum absolute atomic E-state index is 10.9. The Bertz CT molecular complexity index is 271. The van der Waals surface area contributed by atoms with Gasteiger partial charge in [-0.25, -0.2) is 0 Å². The van der Waals surface area contributed by atoms with Crippen LogP contribution in [0.15, 0.2) is 11.8 Å². The van der Waals surface area contributed by atoms with Gasteiger partial charge in [0.25, 0.3) is 0 Å². The van der Waals surface area contributed by atoms with Crippen molar-refractivity contribution in [3.05, 3.63) is 21.9 Å².